The molecule has 0 aromatic heterocycles. The Balaban J connectivity index is 4.22. The molecular weight excluding hydrogens is 131 g/mol. The summed E-state index contributed by atoms with van der Waals surface area (Å²) in [5.41, 5.74) is 0.950. The van der Waals surface area contributed by atoms with Gasteiger partial charge in [-0.05, 0) is 13.8 Å². The molecule has 0 radical (unpaired) electrons. The van der Waals surface area contributed by atoms with Crippen LogP contribution in [-0.2, 0) is 0 Å². The first-order valence-electron chi connectivity index (χ1n) is 3.14. The monoisotopic (exact) mass is 144 g/mol. The van der Waals surface area contributed by atoms with Gasteiger partial charge in [0.1, 0.15) is 0 Å². The summed E-state index contributed by atoms with van der Waals surface area (Å²) in [4.78, 5) is 7.44. The van der Waals surface area contributed by atoms with Gasteiger partial charge in [-0.25, -0.2) is 4.39 Å². The molecule has 2 nitrogen and oxygen atoms in total. The molecule has 0 atom stereocenters. The molecule has 0 unspecified atom stereocenters. The van der Waals surface area contributed by atoms with Crippen LogP contribution in [-0.4, -0.2) is 31.7 Å². The van der Waals surface area contributed by atoms with Gasteiger partial charge in [-0.15, -0.1) is 0 Å². The van der Waals surface area contributed by atoms with Crippen LogP contribution in [0.4, 0.5) is 4.39 Å². The molecule has 0 spiro atoms. The van der Waals surface area contributed by atoms with Crippen molar-refractivity contribution in [3.8, 4) is 0 Å². The largest absolute Gasteiger partial charge is 0.294 e. The molecule has 0 N–H and O–H groups in total. The fraction of sp³-hybridized carbons (Fsp3) is 0.714. The predicted molar refractivity (Wildman–Crippen MR) is 43.0 cm³/mol. The first-order chi connectivity index (χ1) is 4.63. The number of hydrogen-bond donors (Lipinski definition) is 0. The Bertz CT molecular complexity index is 143. The first-order valence-corrected chi connectivity index (χ1v) is 3.14. The summed E-state index contributed by atoms with van der Waals surface area (Å²) in [6, 6.07) is 0. The van der Waals surface area contributed by atoms with Crippen molar-refractivity contribution in [2.45, 2.75) is 20.0 Å². The SMILES string of the molecule is CN=C(C)C(F)C(C)=NC. The average molecular weight is 144 g/mol. The lowest BCUT2D eigenvalue weighted by atomic mass is 10.2. The van der Waals surface area contributed by atoms with Crippen molar-refractivity contribution in [1.29, 1.82) is 0 Å². The van der Waals surface area contributed by atoms with Crippen LogP contribution in [0.1, 0.15) is 13.8 Å². The molecular formula is C7H13FN2. The maximum absolute atomic E-state index is 12.9. The van der Waals surface area contributed by atoms with Gasteiger partial charge in [0.25, 0.3) is 0 Å². The molecule has 58 valence electrons. The summed E-state index contributed by atoms with van der Waals surface area (Å²) in [6.45, 7) is 3.30. The lowest BCUT2D eigenvalue weighted by Gasteiger charge is -2.04. The minimum absolute atomic E-state index is 0.475. The van der Waals surface area contributed by atoms with E-state index in [1.165, 1.54) is 0 Å². The Morgan fingerprint density at radius 3 is 1.60 bits per heavy atom. The molecule has 0 bridgehead atoms. The van der Waals surface area contributed by atoms with Crippen LogP contribution in [0.2, 0.25) is 0 Å². The second-order valence-electron chi connectivity index (χ2n) is 2.09. The van der Waals surface area contributed by atoms with Crippen LogP contribution in [0.5, 0.6) is 0 Å². The number of hydrogen-bond acceptors (Lipinski definition) is 2. The van der Waals surface area contributed by atoms with E-state index in [1.807, 2.05) is 0 Å². The quantitative estimate of drug-likeness (QED) is 0.525. The van der Waals surface area contributed by atoms with Crippen LogP contribution in [0.15, 0.2) is 9.98 Å². The Morgan fingerprint density at radius 1 is 1.10 bits per heavy atom. The fourth-order valence-electron chi connectivity index (χ4n) is 0.529. The van der Waals surface area contributed by atoms with Gasteiger partial charge in [0.2, 0.25) is 0 Å². The van der Waals surface area contributed by atoms with E-state index in [4.69, 9.17) is 0 Å². The molecule has 0 aliphatic carbocycles. The van der Waals surface area contributed by atoms with Crippen LogP contribution in [0.3, 0.4) is 0 Å². The third kappa shape index (κ3) is 2.25. The third-order valence-corrected chi connectivity index (χ3v) is 1.44. The van der Waals surface area contributed by atoms with Crippen LogP contribution in [0.25, 0.3) is 0 Å². The molecule has 0 amide bonds. The molecule has 0 aromatic rings. The second-order valence-corrected chi connectivity index (χ2v) is 2.09. The van der Waals surface area contributed by atoms with Crippen molar-refractivity contribution in [2.24, 2.45) is 9.98 Å². The molecule has 10 heavy (non-hydrogen) atoms. The summed E-state index contributed by atoms with van der Waals surface area (Å²) in [6.07, 6.45) is -1.10. The topological polar surface area (TPSA) is 24.7 Å². The summed E-state index contributed by atoms with van der Waals surface area (Å²) in [5.74, 6) is 0. The molecule has 0 rings (SSSR count). The summed E-state index contributed by atoms with van der Waals surface area (Å²) in [7, 11) is 3.15. The highest BCUT2D eigenvalue weighted by Gasteiger charge is 2.11. The van der Waals surface area contributed by atoms with Gasteiger partial charge in [0.05, 0.1) is 0 Å². The Morgan fingerprint density at radius 2 is 1.40 bits per heavy atom. The molecule has 0 aliphatic heterocycles. The number of alkyl halides is 1. The van der Waals surface area contributed by atoms with Crippen LogP contribution < -0.4 is 0 Å². The molecule has 3 heteroatoms. The van der Waals surface area contributed by atoms with Crippen molar-refractivity contribution in [3.63, 3.8) is 0 Å². The van der Waals surface area contributed by atoms with E-state index in [9.17, 15) is 4.39 Å². The molecule has 0 fully saturated rings. The summed E-state index contributed by atoms with van der Waals surface area (Å²) < 4.78 is 12.9. The first kappa shape index (κ1) is 9.27. The average Bonchev–Trinajstić information content (AvgIpc) is 2.00. The zero-order valence-corrected chi connectivity index (χ0v) is 6.85. The third-order valence-electron chi connectivity index (χ3n) is 1.44. The van der Waals surface area contributed by atoms with E-state index in [1.54, 1.807) is 27.9 Å². The minimum Gasteiger partial charge on any atom is -0.294 e. The molecule has 0 heterocycles. The van der Waals surface area contributed by atoms with E-state index in [0.29, 0.717) is 11.4 Å². The van der Waals surface area contributed by atoms with Crippen molar-refractivity contribution >= 4 is 11.4 Å². The maximum Gasteiger partial charge on any atom is 0.175 e. The van der Waals surface area contributed by atoms with Crippen molar-refractivity contribution in [2.75, 3.05) is 14.1 Å². The lowest BCUT2D eigenvalue weighted by Crippen LogP contribution is -2.20. The normalized spacial score (nSPS) is 17.3. The van der Waals surface area contributed by atoms with Crippen molar-refractivity contribution in [3.05, 3.63) is 0 Å². The highest BCUT2D eigenvalue weighted by atomic mass is 19.1. The highest BCUT2D eigenvalue weighted by Crippen LogP contribution is 1.97. The van der Waals surface area contributed by atoms with E-state index in [-0.39, 0.29) is 0 Å². The molecule has 0 saturated heterocycles. The van der Waals surface area contributed by atoms with Gasteiger partial charge in [0.15, 0.2) is 6.17 Å². The summed E-state index contributed by atoms with van der Waals surface area (Å²) >= 11 is 0. The summed E-state index contributed by atoms with van der Waals surface area (Å²) in [5, 5.41) is 0. The fourth-order valence-corrected chi connectivity index (χ4v) is 0.529. The molecule has 0 saturated carbocycles. The standard InChI is InChI=1S/C7H13FN2/c1-5(9-3)7(8)6(2)10-4/h7H,1-4H3. The van der Waals surface area contributed by atoms with Gasteiger partial charge < -0.3 is 0 Å². The predicted octanol–water partition coefficient (Wildman–Crippen LogP) is 1.51. The smallest absolute Gasteiger partial charge is 0.175 e. The highest BCUT2D eigenvalue weighted by molar-refractivity contribution is 6.08. The van der Waals surface area contributed by atoms with Crippen molar-refractivity contribution < 1.29 is 4.39 Å². The molecule has 0 aliphatic rings. The van der Waals surface area contributed by atoms with Crippen molar-refractivity contribution in [1.82, 2.24) is 0 Å². The van der Waals surface area contributed by atoms with E-state index in [0.717, 1.165) is 0 Å². The minimum atomic E-state index is -1.10. The lowest BCUT2D eigenvalue weighted by molar-refractivity contribution is 0.511. The Hall–Kier alpha value is -0.730. The Kier molecular flexibility index (Phi) is 3.84. The number of halogens is 1. The van der Waals surface area contributed by atoms with Gasteiger partial charge in [0, 0.05) is 25.5 Å². The zero-order chi connectivity index (χ0) is 8.15. The Labute approximate surface area is 60.9 Å². The number of aliphatic imine (C=N–C) groups is 2. The van der Waals surface area contributed by atoms with E-state index in [2.05, 4.69) is 9.98 Å². The number of rotatable bonds is 2. The van der Waals surface area contributed by atoms with Gasteiger partial charge >= 0.3 is 0 Å². The van der Waals surface area contributed by atoms with Gasteiger partial charge in [-0.2, -0.15) is 0 Å². The van der Waals surface area contributed by atoms with Gasteiger partial charge in [-0.1, -0.05) is 0 Å². The van der Waals surface area contributed by atoms with Gasteiger partial charge in [-0.3, -0.25) is 9.98 Å². The maximum atomic E-state index is 12.9. The van der Waals surface area contributed by atoms with Crippen LogP contribution in [0, 0.1) is 0 Å². The number of nitrogens with zero attached hydrogens (tertiary/aromatic N) is 2. The zero-order valence-electron chi connectivity index (χ0n) is 6.85. The van der Waals surface area contributed by atoms with E-state index >= 15 is 0 Å². The van der Waals surface area contributed by atoms with E-state index < -0.39 is 6.17 Å². The second kappa shape index (κ2) is 4.14. The molecule has 0 aromatic carbocycles. The van der Waals surface area contributed by atoms with Crippen LogP contribution >= 0.6 is 0 Å².